The van der Waals surface area contributed by atoms with E-state index in [-0.39, 0.29) is 22.2 Å². The second-order valence-corrected chi connectivity index (χ2v) is 20.7. The minimum atomic E-state index is -0.554. The molecule has 0 N–H and O–H groups in total. The van der Waals surface area contributed by atoms with Gasteiger partial charge in [0.2, 0.25) is 0 Å². The summed E-state index contributed by atoms with van der Waals surface area (Å²) in [5.74, 6) is 1.90. The molecule has 4 aliphatic rings. The van der Waals surface area contributed by atoms with Gasteiger partial charge in [0, 0.05) is 46.5 Å². The number of nitrogens with zero attached hydrogens (tertiary/aromatic N) is 6. The van der Waals surface area contributed by atoms with Crippen LogP contribution in [0.4, 0.5) is 11.4 Å². The molecule has 0 unspecified atom stereocenters. The van der Waals surface area contributed by atoms with Crippen molar-refractivity contribution in [2.75, 3.05) is 9.80 Å². The lowest BCUT2D eigenvalue weighted by molar-refractivity contribution is 0.338. The van der Waals surface area contributed by atoms with E-state index in [2.05, 4.69) is 223 Å². The number of aromatic nitrogens is 2. The molecule has 0 bridgehead atoms. The van der Waals surface area contributed by atoms with Gasteiger partial charge in [-0.05, 0) is 147 Å². The highest BCUT2D eigenvalue weighted by atomic mass is 15.3. The number of hydrogen-bond acceptors (Lipinski definition) is 6. The first-order valence-corrected chi connectivity index (χ1v) is 23.5. The third-order valence-electron chi connectivity index (χ3n) is 16.1. The molecule has 2 aliphatic heterocycles. The Balaban J connectivity index is 1.01. The number of anilines is 2. The first kappa shape index (κ1) is 41.0. The topological polar surface area (TPSA) is 57.0 Å². The van der Waals surface area contributed by atoms with E-state index < -0.39 is 5.41 Å². The lowest BCUT2D eigenvalue weighted by Crippen LogP contribution is -2.53. The lowest BCUT2D eigenvalue weighted by Gasteiger charge is -2.41. The van der Waals surface area contributed by atoms with Gasteiger partial charge in [0.15, 0.2) is 0 Å². The predicted molar refractivity (Wildman–Crippen MR) is 276 cm³/mol. The van der Waals surface area contributed by atoms with Crippen LogP contribution < -0.4 is 9.80 Å². The van der Waals surface area contributed by atoms with Gasteiger partial charge < -0.3 is 9.80 Å². The molecule has 0 fully saturated rings. The molecule has 2 aromatic heterocycles. The second kappa shape index (κ2) is 14.3. The lowest BCUT2D eigenvalue weighted by atomic mass is 9.70. The number of rotatable bonds is 6. The highest BCUT2D eigenvalue weighted by Crippen LogP contribution is 2.63. The van der Waals surface area contributed by atoms with Crippen molar-refractivity contribution in [1.29, 1.82) is 0 Å². The van der Waals surface area contributed by atoms with Crippen LogP contribution in [0, 0.1) is 0 Å². The zero-order valence-corrected chi connectivity index (χ0v) is 39.5. The smallest absolute Gasteiger partial charge is 0.138 e. The molecule has 8 aromatic rings. The number of para-hydroxylation sites is 1. The standard InChI is InChI=1S/C61H54N6/c1-57(2)59(5,6)66(45-21-13-10-14-22-45)56(65-57)44-31-42(35-62-37-44)40-27-29-49-50-30-28-41(34-54(50)61(53(49)33-40)51-25-17-15-23-47(51)48-24-16-18-26-52(48)61)43-32-46(38-63-36-43)67-55(39-19-11-9-12-20-39)64-58(3,4)60(67,7)8/h9-38H,1-8H3. The molecule has 0 saturated carbocycles. The SMILES string of the molecule is CC1(C)N=C(c2cncc(-c3ccc4c(c3)C3(c5ccccc5-c5ccccc53)c3cc(-c5cncc(N6C(c7ccccc7)=NC(C)(C)C6(C)C)c5)ccc3-4)c2)N(c2ccccc2)C1(C)C. The Labute approximate surface area is 394 Å². The minimum absolute atomic E-state index is 0.272. The van der Waals surface area contributed by atoms with Crippen molar-refractivity contribution in [2.45, 2.75) is 83.0 Å². The van der Waals surface area contributed by atoms with Crippen LogP contribution in [0.1, 0.15) is 88.8 Å². The van der Waals surface area contributed by atoms with Gasteiger partial charge in [-0.25, -0.2) is 0 Å². The summed E-state index contributed by atoms with van der Waals surface area (Å²) in [5.41, 5.74) is 17.0. The van der Waals surface area contributed by atoms with Crippen molar-refractivity contribution in [3.8, 4) is 44.5 Å². The van der Waals surface area contributed by atoms with Crippen LogP contribution in [0.25, 0.3) is 44.5 Å². The van der Waals surface area contributed by atoms with Gasteiger partial charge >= 0.3 is 0 Å². The van der Waals surface area contributed by atoms with E-state index in [0.717, 1.165) is 56.4 Å². The summed E-state index contributed by atoms with van der Waals surface area (Å²) in [6.45, 7) is 18.1. The van der Waals surface area contributed by atoms with E-state index in [1.807, 2.05) is 24.8 Å². The molecule has 0 atom stereocenters. The first-order valence-electron chi connectivity index (χ1n) is 23.5. The van der Waals surface area contributed by atoms with E-state index in [1.54, 1.807) is 0 Å². The fraction of sp³-hybridized carbons (Fsp3) is 0.213. The van der Waals surface area contributed by atoms with E-state index in [0.29, 0.717) is 0 Å². The number of fused-ring (bicyclic) bond motifs is 10. The van der Waals surface area contributed by atoms with Crippen LogP contribution >= 0.6 is 0 Å². The van der Waals surface area contributed by atoms with E-state index in [9.17, 15) is 0 Å². The molecule has 12 rings (SSSR count). The molecule has 6 heteroatoms. The highest BCUT2D eigenvalue weighted by molar-refractivity contribution is 6.14. The third kappa shape index (κ3) is 5.75. The molecule has 4 heterocycles. The van der Waals surface area contributed by atoms with Crippen LogP contribution in [0.5, 0.6) is 0 Å². The van der Waals surface area contributed by atoms with Gasteiger partial charge in [-0.2, -0.15) is 0 Å². The Morgan fingerprint density at radius 3 is 1.33 bits per heavy atom. The molecule has 328 valence electrons. The van der Waals surface area contributed by atoms with Gasteiger partial charge in [-0.3, -0.25) is 20.0 Å². The Hall–Kier alpha value is -7.44. The average Bonchev–Trinajstić information content (AvgIpc) is 3.94. The maximum Gasteiger partial charge on any atom is 0.138 e. The van der Waals surface area contributed by atoms with E-state index in [4.69, 9.17) is 20.0 Å². The molecule has 0 saturated heterocycles. The summed E-state index contributed by atoms with van der Waals surface area (Å²) >= 11 is 0. The number of amidine groups is 2. The van der Waals surface area contributed by atoms with Crippen molar-refractivity contribution >= 4 is 23.0 Å². The van der Waals surface area contributed by atoms with Crippen molar-refractivity contribution in [3.63, 3.8) is 0 Å². The monoisotopic (exact) mass is 870 g/mol. The maximum absolute atomic E-state index is 5.41. The number of hydrogen-bond donors (Lipinski definition) is 0. The fourth-order valence-electron chi connectivity index (χ4n) is 11.3. The van der Waals surface area contributed by atoms with Crippen LogP contribution in [0.15, 0.2) is 192 Å². The number of pyridine rings is 2. The summed E-state index contributed by atoms with van der Waals surface area (Å²) < 4.78 is 0. The molecule has 1 spiro atoms. The van der Waals surface area contributed by atoms with Gasteiger partial charge in [0.1, 0.15) is 11.7 Å². The van der Waals surface area contributed by atoms with Crippen molar-refractivity contribution in [2.24, 2.45) is 9.98 Å². The molecular formula is C61H54N6. The first-order chi connectivity index (χ1) is 32.2. The van der Waals surface area contributed by atoms with E-state index >= 15 is 0 Å². The molecule has 67 heavy (non-hydrogen) atoms. The van der Waals surface area contributed by atoms with Crippen LogP contribution in [0.3, 0.4) is 0 Å². The summed E-state index contributed by atoms with van der Waals surface area (Å²) in [6, 6.07) is 57.9. The van der Waals surface area contributed by atoms with E-state index in [1.165, 1.54) is 44.5 Å². The molecule has 6 aromatic carbocycles. The molecule has 6 nitrogen and oxygen atoms in total. The Morgan fingerprint density at radius 2 is 0.761 bits per heavy atom. The zero-order chi connectivity index (χ0) is 46.1. The molecule has 2 aliphatic carbocycles. The van der Waals surface area contributed by atoms with Gasteiger partial charge in [-0.1, -0.05) is 121 Å². The third-order valence-corrected chi connectivity index (χ3v) is 16.1. The highest BCUT2D eigenvalue weighted by Gasteiger charge is 2.53. The summed E-state index contributed by atoms with van der Waals surface area (Å²) in [7, 11) is 0. The van der Waals surface area contributed by atoms with Crippen LogP contribution in [-0.4, -0.2) is 43.8 Å². The predicted octanol–water partition coefficient (Wildman–Crippen LogP) is 13.8. The summed E-state index contributed by atoms with van der Waals surface area (Å²) in [5, 5.41) is 0. The van der Waals surface area contributed by atoms with Crippen LogP contribution in [-0.2, 0) is 5.41 Å². The quantitative estimate of drug-likeness (QED) is 0.167. The molecular weight excluding hydrogens is 817 g/mol. The molecule has 0 amide bonds. The summed E-state index contributed by atoms with van der Waals surface area (Å²) in [6.07, 6.45) is 7.98. The average molecular weight is 871 g/mol. The minimum Gasteiger partial charge on any atom is -0.318 e. The largest absolute Gasteiger partial charge is 0.318 e. The van der Waals surface area contributed by atoms with Gasteiger partial charge in [-0.15, -0.1) is 0 Å². The van der Waals surface area contributed by atoms with Gasteiger partial charge in [0.05, 0.1) is 39.5 Å². The molecule has 0 radical (unpaired) electrons. The summed E-state index contributed by atoms with van der Waals surface area (Å²) in [4.78, 5) is 25.4. The van der Waals surface area contributed by atoms with Crippen molar-refractivity contribution < 1.29 is 0 Å². The zero-order valence-electron chi connectivity index (χ0n) is 39.5. The van der Waals surface area contributed by atoms with Crippen LogP contribution in [0.2, 0.25) is 0 Å². The Kier molecular flexibility index (Phi) is 8.74. The second-order valence-electron chi connectivity index (χ2n) is 20.7. The maximum atomic E-state index is 5.41. The Bertz CT molecular complexity index is 3330. The fourth-order valence-corrected chi connectivity index (χ4v) is 11.3. The van der Waals surface area contributed by atoms with Crippen molar-refractivity contribution in [1.82, 2.24) is 9.97 Å². The Morgan fingerprint density at radius 1 is 0.328 bits per heavy atom. The van der Waals surface area contributed by atoms with Gasteiger partial charge in [0.25, 0.3) is 0 Å². The number of aliphatic imine (C=N–C) groups is 2. The van der Waals surface area contributed by atoms with Crippen molar-refractivity contribution in [3.05, 3.63) is 216 Å². The normalized spacial score (nSPS) is 18.3. The number of benzene rings is 6.